The molecule has 2 aliphatic heterocycles. The van der Waals surface area contributed by atoms with Crippen molar-refractivity contribution < 1.29 is 9.47 Å². The maximum Gasteiger partial charge on any atom is 0.123 e. The summed E-state index contributed by atoms with van der Waals surface area (Å²) in [6.07, 6.45) is 13.7. The fourth-order valence-electron chi connectivity index (χ4n) is 6.26. The van der Waals surface area contributed by atoms with Crippen molar-refractivity contribution in [1.29, 1.82) is 0 Å². The van der Waals surface area contributed by atoms with E-state index >= 15 is 0 Å². The summed E-state index contributed by atoms with van der Waals surface area (Å²) < 4.78 is 11.4. The lowest BCUT2D eigenvalue weighted by Gasteiger charge is -2.36. The molecular formula is C30H46B2N4O2. The second-order valence-corrected chi connectivity index (χ2v) is 11.9. The number of allylic oxidation sites excluding steroid dienone is 1. The number of nitrogens with one attached hydrogen (secondary N) is 1. The zero-order valence-corrected chi connectivity index (χ0v) is 24.0. The molecule has 6 nitrogen and oxygen atoms in total. The number of nitrogens with zero attached hydrogens (tertiary/aromatic N) is 3. The van der Waals surface area contributed by atoms with Crippen molar-refractivity contribution in [2.45, 2.75) is 57.2 Å². The van der Waals surface area contributed by atoms with E-state index < -0.39 is 0 Å². The van der Waals surface area contributed by atoms with Gasteiger partial charge in [0.1, 0.15) is 21.4 Å². The Bertz CT molecular complexity index is 1040. The molecule has 1 N–H and O–H groups in total. The van der Waals surface area contributed by atoms with Gasteiger partial charge in [-0.3, -0.25) is 4.99 Å². The zero-order valence-electron chi connectivity index (χ0n) is 24.0. The molecule has 0 aromatic heterocycles. The minimum atomic E-state index is 0.227. The highest BCUT2D eigenvalue weighted by Crippen LogP contribution is 2.48. The first kappa shape index (κ1) is 28.5. The molecular weight excluding hydrogens is 470 g/mol. The van der Waals surface area contributed by atoms with Crippen LogP contribution in [0.3, 0.4) is 0 Å². The smallest absolute Gasteiger partial charge is 0.123 e. The average Bonchev–Trinajstić information content (AvgIpc) is 3.54. The quantitative estimate of drug-likeness (QED) is 0.486. The summed E-state index contributed by atoms with van der Waals surface area (Å²) in [7, 11) is 6.36. The zero-order chi connectivity index (χ0) is 27.0. The van der Waals surface area contributed by atoms with Gasteiger partial charge < -0.3 is 19.7 Å². The maximum absolute atomic E-state index is 6.21. The molecule has 38 heavy (non-hydrogen) atoms. The molecule has 0 amide bonds. The predicted octanol–water partition coefficient (Wildman–Crippen LogP) is 3.10. The molecule has 1 saturated carbocycles. The van der Waals surface area contributed by atoms with Gasteiger partial charge in [0.15, 0.2) is 0 Å². The van der Waals surface area contributed by atoms with E-state index in [1.807, 2.05) is 12.4 Å². The van der Waals surface area contributed by atoms with Crippen LogP contribution in [-0.2, 0) is 11.2 Å². The Labute approximate surface area is 231 Å². The number of benzene rings is 1. The summed E-state index contributed by atoms with van der Waals surface area (Å²) in [4.78, 5) is 11.5. The lowest BCUT2D eigenvalue weighted by Crippen LogP contribution is -2.44. The van der Waals surface area contributed by atoms with Crippen molar-refractivity contribution >= 4 is 28.2 Å². The highest BCUT2D eigenvalue weighted by Gasteiger charge is 2.41. The fraction of sp³-hybridized carbons (Fsp3) is 0.600. The lowest BCUT2D eigenvalue weighted by molar-refractivity contribution is 0.230. The van der Waals surface area contributed by atoms with E-state index in [1.54, 1.807) is 13.4 Å². The van der Waals surface area contributed by atoms with Gasteiger partial charge in [-0.2, -0.15) is 0 Å². The molecule has 1 aliphatic carbocycles. The number of hydrogen-bond donors (Lipinski definition) is 1. The Hall–Kier alpha value is -2.47. The van der Waals surface area contributed by atoms with Crippen LogP contribution in [0.25, 0.3) is 0 Å². The van der Waals surface area contributed by atoms with E-state index in [0.29, 0.717) is 12.5 Å². The SMILES string of the molecule is BC1(B)CCCN1C(=C)Cc1ccc(OCCC2CC2C2CC\N=C/C(COC)=C\N=C\NCC2)cc1C. The molecule has 2 heterocycles. The first-order valence-corrected chi connectivity index (χ1v) is 14.5. The minimum Gasteiger partial charge on any atom is -0.494 e. The highest BCUT2D eigenvalue weighted by atomic mass is 16.5. The molecule has 204 valence electrons. The van der Waals surface area contributed by atoms with Crippen LogP contribution < -0.4 is 10.1 Å². The number of aryl methyl sites for hydroxylation is 1. The lowest BCUT2D eigenvalue weighted by atomic mass is 9.60. The van der Waals surface area contributed by atoms with E-state index in [-0.39, 0.29) is 5.34 Å². The molecule has 1 aromatic rings. The molecule has 3 unspecified atom stereocenters. The van der Waals surface area contributed by atoms with E-state index in [9.17, 15) is 0 Å². The molecule has 0 spiro atoms. The Balaban J connectivity index is 1.21. The van der Waals surface area contributed by atoms with Crippen molar-refractivity contribution in [2.75, 3.05) is 40.0 Å². The van der Waals surface area contributed by atoms with Crippen LogP contribution in [0.2, 0.25) is 0 Å². The van der Waals surface area contributed by atoms with Gasteiger partial charge in [0.25, 0.3) is 0 Å². The van der Waals surface area contributed by atoms with Crippen LogP contribution in [0, 0.1) is 24.7 Å². The number of likely N-dealkylation sites (tertiary alicyclic amines) is 1. The van der Waals surface area contributed by atoms with Crippen LogP contribution in [0.5, 0.6) is 5.75 Å². The molecule has 3 aliphatic rings. The molecule has 1 aromatic carbocycles. The van der Waals surface area contributed by atoms with E-state index in [4.69, 9.17) is 9.47 Å². The predicted molar refractivity (Wildman–Crippen MR) is 164 cm³/mol. The highest BCUT2D eigenvalue weighted by molar-refractivity contribution is 6.40. The second-order valence-electron chi connectivity index (χ2n) is 11.9. The van der Waals surface area contributed by atoms with Gasteiger partial charge in [0, 0.05) is 56.8 Å². The molecule has 1 saturated heterocycles. The minimum absolute atomic E-state index is 0.227. The standard InChI is InChI=1S/C30H46B2N4O2/c1-22-15-28(6-5-26(22)16-23(2)36-13-4-10-30(36,31)32)38-14-9-27-17-29(27)25-7-11-33-18-24(20-37-3)19-35-21-34-12-8-25/h5-6,15,18-19,21,25,27,29H,2,4,7-14,16-17,20,31-32H2,1,3H3,(H,34,35)/b24-19+,33-18-. The monoisotopic (exact) mass is 516 g/mol. The van der Waals surface area contributed by atoms with Gasteiger partial charge >= 0.3 is 0 Å². The van der Waals surface area contributed by atoms with Crippen LogP contribution in [-0.4, -0.2) is 78.4 Å². The summed E-state index contributed by atoms with van der Waals surface area (Å²) in [6, 6.07) is 6.57. The summed E-state index contributed by atoms with van der Waals surface area (Å²) in [6.45, 7) is 10.9. The van der Waals surface area contributed by atoms with E-state index in [0.717, 1.165) is 68.7 Å². The number of rotatable bonds is 10. The third kappa shape index (κ3) is 8.02. The van der Waals surface area contributed by atoms with E-state index in [1.165, 1.54) is 42.5 Å². The first-order valence-electron chi connectivity index (χ1n) is 14.5. The Morgan fingerprint density at radius 2 is 2.16 bits per heavy atom. The fourth-order valence-corrected chi connectivity index (χ4v) is 6.26. The largest absolute Gasteiger partial charge is 0.494 e. The Kier molecular flexibility index (Phi) is 10.2. The van der Waals surface area contributed by atoms with Gasteiger partial charge in [-0.25, -0.2) is 4.99 Å². The van der Waals surface area contributed by atoms with Crippen LogP contribution >= 0.6 is 0 Å². The summed E-state index contributed by atoms with van der Waals surface area (Å²) in [5.74, 6) is 3.23. The second kappa shape index (κ2) is 13.5. The first-order chi connectivity index (χ1) is 18.4. The number of ether oxygens (including phenoxy) is 2. The number of methoxy groups -OCH3 is 1. The van der Waals surface area contributed by atoms with Gasteiger partial charge in [0.2, 0.25) is 0 Å². The van der Waals surface area contributed by atoms with Gasteiger partial charge in [0.05, 0.1) is 19.6 Å². The molecule has 3 atom stereocenters. The van der Waals surface area contributed by atoms with Gasteiger partial charge in [-0.15, -0.1) is 0 Å². The van der Waals surface area contributed by atoms with Crippen LogP contribution in [0.4, 0.5) is 0 Å². The number of hydrogen-bond acceptors (Lipinski definition) is 6. The maximum atomic E-state index is 6.21. The average molecular weight is 516 g/mol. The third-order valence-electron chi connectivity index (χ3n) is 8.59. The normalized spacial score (nSPS) is 28.2. The molecule has 2 fully saturated rings. The summed E-state index contributed by atoms with van der Waals surface area (Å²) in [5, 5.41) is 3.57. The van der Waals surface area contributed by atoms with Crippen molar-refractivity contribution in [3.8, 4) is 5.75 Å². The van der Waals surface area contributed by atoms with Crippen LogP contribution in [0.15, 0.2) is 52.2 Å². The van der Waals surface area contributed by atoms with Gasteiger partial charge in [-0.05, 0) is 91.8 Å². The van der Waals surface area contributed by atoms with Gasteiger partial charge in [-0.1, -0.05) is 12.6 Å². The molecule has 0 radical (unpaired) electrons. The molecule has 4 rings (SSSR count). The molecule has 8 heteroatoms. The Morgan fingerprint density at radius 3 is 2.92 bits per heavy atom. The third-order valence-corrected chi connectivity index (χ3v) is 8.59. The Morgan fingerprint density at radius 1 is 1.29 bits per heavy atom. The molecule has 0 bridgehead atoms. The van der Waals surface area contributed by atoms with Crippen molar-refractivity contribution in [1.82, 2.24) is 10.2 Å². The topological polar surface area (TPSA) is 58.5 Å². The summed E-state index contributed by atoms with van der Waals surface area (Å²) >= 11 is 0. The van der Waals surface area contributed by atoms with Crippen LogP contribution in [0.1, 0.15) is 49.7 Å². The van der Waals surface area contributed by atoms with Crippen molar-refractivity contribution in [3.05, 3.63) is 53.4 Å². The number of aliphatic imine (C=N–C) groups is 2. The van der Waals surface area contributed by atoms with Crippen molar-refractivity contribution in [3.63, 3.8) is 0 Å². The summed E-state index contributed by atoms with van der Waals surface area (Å²) in [5.41, 5.74) is 4.86. The van der Waals surface area contributed by atoms with Crippen molar-refractivity contribution in [2.24, 2.45) is 27.7 Å². The van der Waals surface area contributed by atoms with E-state index in [2.05, 4.69) is 67.6 Å².